The molecule has 0 amide bonds. The first kappa shape index (κ1) is 15.5. The highest BCUT2D eigenvalue weighted by molar-refractivity contribution is 9.10. The van der Waals surface area contributed by atoms with E-state index in [1.807, 2.05) is 35.3 Å². The highest BCUT2D eigenvalue weighted by atomic mass is 79.9. The van der Waals surface area contributed by atoms with Gasteiger partial charge in [0.25, 0.3) is 0 Å². The summed E-state index contributed by atoms with van der Waals surface area (Å²) in [6, 6.07) is 18.6. The Morgan fingerprint density at radius 1 is 1.09 bits per heavy atom. The van der Waals surface area contributed by atoms with Crippen molar-refractivity contribution in [2.45, 2.75) is 25.4 Å². The van der Waals surface area contributed by atoms with Crippen LogP contribution < -0.4 is 15.8 Å². The highest BCUT2D eigenvalue weighted by Gasteiger charge is 2.36. The molecule has 1 aliphatic rings. The Bertz CT molecular complexity index is 659. The first-order valence-electron chi connectivity index (χ1n) is 7.25. The summed E-state index contributed by atoms with van der Waals surface area (Å²) in [7, 11) is 0. The van der Waals surface area contributed by atoms with Crippen molar-refractivity contribution in [2.24, 2.45) is 0 Å². The fourth-order valence-electron chi connectivity index (χ4n) is 2.55. The molecule has 5 heteroatoms. The summed E-state index contributed by atoms with van der Waals surface area (Å²) < 4.78 is 1.06. The zero-order valence-corrected chi connectivity index (χ0v) is 14.7. The molecule has 0 saturated carbocycles. The number of thiocarbonyl (C=S) groups is 1. The quantitative estimate of drug-likeness (QED) is 0.789. The van der Waals surface area contributed by atoms with Gasteiger partial charge in [-0.2, -0.15) is 0 Å². The molecule has 3 rings (SSSR count). The van der Waals surface area contributed by atoms with Crippen LogP contribution in [0, 0.1) is 0 Å². The lowest BCUT2D eigenvalue weighted by atomic mass is 10.0. The monoisotopic (exact) mass is 375 g/mol. The SMILES string of the molecule is CC1(CCc2ccccc2)NC(=S)N(c2ccc(Br)cc2)N1. The van der Waals surface area contributed by atoms with Crippen molar-refractivity contribution in [2.75, 3.05) is 5.01 Å². The van der Waals surface area contributed by atoms with Crippen molar-refractivity contribution in [3.63, 3.8) is 0 Å². The minimum atomic E-state index is -0.236. The zero-order valence-electron chi connectivity index (χ0n) is 12.3. The fourth-order valence-corrected chi connectivity index (χ4v) is 3.19. The molecule has 114 valence electrons. The van der Waals surface area contributed by atoms with Crippen LogP contribution in [0.4, 0.5) is 5.69 Å². The van der Waals surface area contributed by atoms with E-state index in [0.717, 1.165) is 23.0 Å². The zero-order chi connectivity index (χ0) is 15.6. The molecule has 2 N–H and O–H groups in total. The maximum absolute atomic E-state index is 5.48. The number of rotatable bonds is 4. The third kappa shape index (κ3) is 3.48. The molecule has 2 aromatic carbocycles. The van der Waals surface area contributed by atoms with Crippen LogP contribution in [-0.2, 0) is 6.42 Å². The summed E-state index contributed by atoms with van der Waals surface area (Å²) in [5.41, 5.74) is 5.62. The van der Waals surface area contributed by atoms with Gasteiger partial charge in [0.2, 0.25) is 0 Å². The lowest BCUT2D eigenvalue weighted by Crippen LogP contribution is -2.48. The topological polar surface area (TPSA) is 27.3 Å². The van der Waals surface area contributed by atoms with Crippen LogP contribution in [0.15, 0.2) is 59.1 Å². The molecule has 1 saturated heterocycles. The van der Waals surface area contributed by atoms with Gasteiger partial charge in [-0.15, -0.1) is 0 Å². The number of hydrogen-bond acceptors (Lipinski definition) is 2. The third-order valence-corrected chi connectivity index (χ3v) is 4.60. The summed E-state index contributed by atoms with van der Waals surface area (Å²) >= 11 is 8.93. The van der Waals surface area contributed by atoms with Crippen LogP contribution in [0.25, 0.3) is 0 Å². The van der Waals surface area contributed by atoms with Gasteiger partial charge < -0.3 is 5.32 Å². The largest absolute Gasteiger partial charge is 0.342 e. The van der Waals surface area contributed by atoms with Crippen LogP contribution in [0.3, 0.4) is 0 Å². The van der Waals surface area contributed by atoms with E-state index in [1.165, 1.54) is 5.56 Å². The molecule has 1 fully saturated rings. The minimum Gasteiger partial charge on any atom is -0.342 e. The minimum absolute atomic E-state index is 0.236. The Balaban J connectivity index is 1.68. The summed E-state index contributed by atoms with van der Waals surface area (Å²) in [5.74, 6) is 0. The first-order chi connectivity index (χ1) is 10.6. The second-order valence-corrected chi connectivity index (χ2v) is 6.97. The Kier molecular flexibility index (Phi) is 4.47. The molecule has 0 radical (unpaired) electrons. The molecule has 2 aromatic rings. The predicted molar refractivity (Wildman–Crippen MR) is 98.7 cm³/mol. The van der Waals surface area contributed by atoms with E-state index in [2.05, 4.69) is 57.9 Å². The van der Waals surface area contributed by atoms with Crippen molar-refractivity contribution in [1.29, 1.82) is 0 Å². The third-order valence-electron chi connectivity index (χ3n) is 3.79. The van der Waals surface area contributed by atoms with Gasteiger partial charge in [-0.25, -0.2) is 5.43 Å². The van der Waals surface area contributed by atoms with Gasteiger partial charge in [-0.1, -0.05) is 46.3 Å². The van der Waals surface area contributed by atoms with E-state index in [1.54, 1.807) is 0 Å². The molecule has 0 spiro atoms. The predicted octanol–water partition coefficient (Wildman–Crippen LogP) is 4.00. The van der Waals surface area contributed by atoms with Crippen LogP contribution in [0.2, 0.25) is 0 Å². The second kappa shape index (κ2) is 6.36. The summed E-state index contributed by atoms with van der Waals surface area (Å²) in [6.45, 7) is 2.14. The maximum atomic E-state index is 5.48. The van der Waals surface area contributed by atoms with Gasteiger partial charge in [0.1, 0.15) is 5.66 Å². The second-order valence-electron chi connectivity index (χ2n) is 5.67. The van der Waals surface area contributed by atoms with E-state index in [9.17, 15) is 0 Å². The van der Waals surface area contributed by atoms with Gasteiger partial charge >= 0.3 is 0 Å². The van der Waals surface area contributed by atoms with E-state index in [4.69, 9.17) is 12.2 Å². The number of nitrogens with zero attached hydrogens (tertiary/aromatic N) is 1. The van der Waals surface area contributed by atoms with Crippen LogP contribution >= 0.6 is 28.1 Å². The molecule has 0 bridgehead atoms. The smallest absolute Gasteiger partial charge is 0.189 e. The Labute approximate surface area is 144 Å². The van der Waals surface area contributed by atoms with E-state index in [-0.39, 0.29) is 5.66 Å². The Morgan fingerprint density at radius 3 is 2.45 bits per heavy atom. The van der Waals surface area contributed by atoms with Crippen molar-refractivity contribution in [3.05, 3.63) is 64.6 Å². The van der Waals surface area contributed by atoms with Crippen LogP contribution in [-0.4, -0.2) is 10.8 Å². The van der Waals surface area contributed by atoms with Crippen LogP contribution in [0.1, 0.15) is 18.9 Å². The van der Waals surface area contributed by atoms with Crippen LogP contribution in [0.5, 0.6) is 0 Å². The number of hydrogen-bond donors (Lipinski definition) is 2. The number of aryl methyl sites for hydroxylation is 1. The average Bonchev–Trinajstić information content (AvgIpc) is 2.83. The Hall–Kier alpha value is -1.43. The van der Waals surface area contributed by atoms with Gasteiger partial charge in [0, 0.05) is 4.47 Å². The average molecular weight is 376 g/mol. The summed E-state index contributed by atoms with van der Waals surface area (Å²) in [4.78, 5) is 0. The molecular formula is C17H18BrN3S. The molecule has 1 atom stereocenters. The first-order valence-corrected chi connectivity index (χ1v) is 8.45. The lowest BCUT2D eigenvalue weighted by Gasteiger charge is -2.25. The summed E-state index contributed by atoms with van der Waals surface area (Å²) in [5, 5.41) is 6.04. The molecule has 0 aliphatic carbocycles. The van der Waals surface area contributed by atoms with Crippen molar-refractivity contribution >= 4 is 38.9 Å². The molecule has 0 aromatic heterocycles. The number of anilines is 1. The van der Waals surface area contributed by atoms with Crippen molar-refractivity contribution in [3.8, 4) is 0 Å². The lowest BCUT2D eigenvalue weighted by molar-refractivity contribution is 0.348. The highest BCUT2D eigenvalue weighted by Crippen LogP contribution is 2.24. The molecule has 1 heterocycles. The van der Waals surface area contributed by atoms with Crippen molar-refractivity contribution in [1.82, 2.24) is 10.7 Å². The van der Waals surface area contributed by atoms with Gasteiger partial charge in [-0.05, 0) is 61.8 Å². The molecule has 22 heavy (non-hydrogen) atoms. The fraction of sp³-hybridized carbons (Fsp3) is 0.235. The molecular weight excluding hydrogens is 358 g/mol. The molecule has 1 unspecified atom stereocenters. The van der Waals surface area contributed by atoms with E-state index < -0.39 is 0 Å². The molecule has 3 nitrogen and oxygen atoms in total. The summed E-state index contributed by atoms with van der Waals surface area (Å²) in [6.07, 6.45) is 1.94. The van der Waals surface area contributed by atoms with E-state index >= 15 is 0 Å². The normalized spacial score (nSPS) is 21.0. The van der Waals surface area contributed by atoms with Gasteiger partial charge in [0.05, 0.1) is 5.69 Å². The van der Waals surface area contributed by atoms with Crippen molar-refractivity contribution < 1.29 is 0 Å². The number of benzene rings is 2. The van der Waals surface area contributed by atoms with Gasteiger partial charge in [-0.3, -0.25) is 5.01 Å². The standard InChI is InChI=1S/C17H18BrN3S/c1-17(12-11-13-5-3-2-4-6-13)19-16(22)21(20-17)15-9-7-14(18)8-10-15/h2-10,20H,11-12H2,1H3,(H,19,22). The Morgan fingerprint density at radius 2 is 1.77 bits per heavy atom. The maximum Gasteiger partial charge on any atom is 0.189 e. The number of nitrogens with one attached hydrogen (secondary N) is 2. The van der Waals surface area contributed by atoms with E-state index in [0.29, 0.717) is 5.11 Å². The van der Waals surface area contributed by atoms with Gasteiger partial charge in [0.15, 0.2) is 5.11 Å². The number of hydrazine groups is 1. The number of halogens is 1. The molecule has 1 aliphatic heterocycles.